The minimum absolute atomic E-state index is 0.00208. The van der Waals surface area contributed by atoms with Gasteiger partial charge in [0.1, 0.15) is 29.7 Å². The summed E-state index contributed by atoms with van der Waals surface area (Å²) >= 11 is 0. The van der Waals surface area contributed by atoms with E-state index in [1.165, 1.54) is 0 Å². The third kappa shape index (κ3) is 3.79. The third-order valence-corrected chi connectivity index (χ3v) is 5.14. The van der Waals surface area contributed by atoms with E-state index in [4.69, 9.17) is 4.42 Å². The molecule has 0 aromatic carbocycles. The van der Waals surface area contributed by atoms with E-state index in [-0.39, 0.29) is 18.4 Å². The molecule has 0 unspecified atom stereocenters. The lowest BCUT2D eigenvalue weighted by atomic mass is 10.1. The maximum Gasteiger partial charge on any atom is 0.228 e. The molecule has 0 aliphatic heterocycles. The number of aromatic nitrogens is 3. The highest BCUT2D eigenvalue weighted by Crippen LogP contribution is 2.31. The topological polar surface area (TPSA) is 113 Å². The summed E-state index contributed by atoms with van der Waals surface area (Å²) in [5.74, 6) is 7.95. The summed E-state index contributed by atoms with van der Waals surface area (Å²) in [6, 6.07) is 5.40. The molecule has 5 rings (SSSR count). The Balaban J connectivity index is 1.53. The van der Waals surface area contributed by atoms with E-state index < -0.39 is 0 Å². The van der Waals surface area contributed by atoms with E-state index in [0.717, 1.165) is 29.0 Å². The van der Waals surface area contributed by atoms with Crippen molar-refractivity contribution in [2.75, 3.05) is 17.7 Å². The monoisotopic (exact) mass is 413 g/mol. The van der Waals surface area contributed by atoms with Crippen LogP contribution in [0.1, 0.15) is 29.9 Å². The summed E-state index contributed by atoms with van der Waals surface area (Å²) in [6.45, 7) is -0.168. The normalized spacial score (nSPS) is 13.1. The van der Waals surface area contributed by atoms with Gasteiger partial charge in [-0.3, -0.25) is 4.79 Å². The van der Waals surface area contributed by atoms with Gasteiger partial charge in [-0.2, -0.15) is 0 Å². The van der Waals surface area contributed by atoms with Crippen LogP contribution in [0.15, 0.2) is 41.2 Å². The molecule has 154 valence electrons. The van der Waals surface area contributed by atoms with Gasteiger partial charge in [-0.05, 0) is 37.0 Å². The minimum Gasteiger partial charge on any atom is -0.457 e. The van der Waals surface area contributed by atoms with Crippen molar-refractivity contribution in [2.24, 2.45) is 5.92 Å². The van der Waals surface area contributed by atoms with E-state index >= 15 is 0 Å². The molecular formula is C23H19N5O3. The maximum atomic E-state index is 12.1. The lowest BCUT2D eigenvalue weighted by molar-refractivity contribution is -0.117. The molecule has 0 bridgehead atoms. The maximum absolute atomic E-state index is 12.1. The smallest absolute Gasteiger partial charge is 0.228 e. The molecule has 4 heterocycles. The Kier molecular flexibility index (Phi) is 4.73. The summed E-state index contributed by atoms with van der Waals surface area (Å²) in [4.78, 5) is 25.2. The second-order valence-electron chi connectivity index (χ2n) is 7.38. The number of carbonyl (C=O) groups excluding carboxylic acids is 1. The molecule has 0 saturated heterocycles. The molecule has 4 aromatic heterocycles. The Morgan fingerprint density at radius 3 is 2.77 bits per heavy atom. The van der Waals surface area contributed by atoms with E-state index in [2.05, 4.69) is 37.4 Å². The molecule has 31 heavy (non-hydrogen) atoms. The van der Waals surface area contributed by atoms with Crippen LogP contribution in [0.3, 0.4) is 0 Å². The fraction of sp³-hybridized carbons (Fsp3) is 0.217. The number of fused-ring (bicyclic) bond motifs is 2. The van der Waals surface area contributed by atoms with Gasteiger partial charge in [0.15, 0.2) is 5.58 Å². The number of hydrogen-bond acceptors (Lipinski definition) is 7. The molecule has 1 aliphatic rings. The largest absolute Gasteiger partial charge is 0.457 e. The van der Waals surface area contributed by atoms with Gasteiger partial charge in [-0.15, -0.1) is 0 Å². The Morgan fingerprint density at radius 1 is 1.13 bits per heavy atom. The Bertz CT molecular complexity index is 1380. The second kappa shape index (κ2) is 7.70. The van der Waals surface area contributed by atoms with E-state index in [1.807, 2.05) is 12.1 Å². The average molecular weight is 413 g/mol. The number of furan rings is 1. The van der Waals surface area contributed by atoms with E-state index in [0.29, 0.717) is 34.2 Å². The number of anilines is 2. The van der Waals surface area contributed by atoms with Crippen LogP contribution in [-0.4, -0.2) is 33.0 Å². The molecule has 8 nitrogen and oxygen atoms in total. The van der Waals surface area contributed by atoms with Crippen LogP contribution in [0.2, 0.25) is 0 Å². The van der Waals surface area contributed by atoms with Crippen molar-refractivity contribution in [3.05, 3.63) is 53.8 Å². The van der Waals surface area contributed by atoms with Gasteiger partial charge in [-0.25, -0.2) is 15.0 Å². The molecular weight excluding hydrogens is 394 g/mol. The molecule has 8 heteroatoms. The van der Waals surface area contributed by atoms with Crippen LogP contribution in [-0.2, 0) is 11.4 Å². The van der Waals surface area contributed by atoms with Crippen LogP contribution >= 0.6 is 0 Å². The summed E-state index contributed by atoms with van der Waals surface area (Å²) in [5, 5.41) is 17.6. The molecule has 1 saturated carbocycles. The van der Waals surface area contributed by atoms with Gasteiger partial charge >= 0.3 is 0 Å². The van der Waals surface area contributed by atoms with Crippen molar-refractivity contribution in [1.82, 2.24) is 15.0 Å². The number of aliphatic hydroxyl groups is 1. The summed E-state index contributed by atoms with van der Waals surface area (Å²) in [6.07, 6.45) is 6.83. The van der Waals surface area contributed by atoms with Gasteiger partial charge in [-0.1, -0.05) is 5.92 Å². The first-order chi connectivity index (χ1) is 15.1. The number of amides is 1. The molecule has 0 atom stereocenters. The highest BCUT2D eigenvalue weighted by molar-refractivity contribution is 5.99. The van der Waals surface area contributed by atoms with Crippen molar-refractivity contribution < 1.29 is 14.3 Å². The Morgan fingerprint density at radius 2 is 2.00 bits per heavy atom. The predicted molar refractivity (Wildman–Crippen MR) is 116 cm³/mol. The number of rotatable bonds is 4. The van der Waals surface area contributed by atoms with Gasteiger partial charge < -0.3 is 20.2 Å². The Hall–Kier alpha value is -3.96. The number of aliphatic hydroxyl groups excluding tert-OH is 1. The number of carbonyl (C=O) groups is 1. The third-order valence-electron chi connectivity index (χ3n) is 5.14. The zero-order valence-corrected chi connectivity index (χ0v) is 16.8. The molecule has 1 aliphatic carbocycles. The van der Waals surface area contributed by atoms with Gasteiger partial charge in [0, 0.05) is 41.5 Å². The highest BCUT2D eigenvalue weighted by Gasteiger charge is 2.29. The number of nitrogens with one attached hydrogen (secondary N) is 2. The fourth-order valence-electron chi connectivity index (χ4n) is 3.35. The zero-order chi connectivity index (χ0) is 21.4. The molecule has 1 fully saturated rings. The van der Waals surface area contributed by atoms with Crippen molar-refractivity contribution in [1.29, 1.82) is 0 Å². The quantitative estimate of drug-likeness (QED) is 0.441. The molecule has 3 N–H and O–H groups in total. The van der Waals surface area contributed by atoms with Crippen molar-refractivity contribution in [3.63, 3.8) is 0 Å². The van der Waals surface area contributed by atoms with Crippen LogP contribution in [0.5, 0.6) is 0 Å². The summed E-state index contributed by atoms with van der Waals surface area (Å²) in [5.41, 5.74) is 1.87. The molecule has 4 aromatic rings. The minimum atomic E-state index is -0.168. The van der Waals surface area contributed by atoms with Crippen LogP contribution < -0.4 is 10.6 Å². The second-order valence-corrected chi connectivity index (χ2v) is 7.38. The lowest BCUT2D eigenvalue weighted by Crippen LogP contribution is -2.14. The van der Waals surface area contributed by atoms with Crippen molar-refractivity contribution in [2.45, 2.75) is 19.4 Å². The van der Waals surface area contributed by atoms with Gasteiger partial charge in [0.25, 0.3) is 0 Å². The standard InChI is InChI=1S/C23H19N5O3/c1-24-22-19-10-26-21(28-23(30)13-2-3-13)8-18(19)14(9-27-22)4-5-16-6-15-7-17(12-29)31-20(15)11-25-16/h6-11,13,29H,2-3,12H2,1H3,(H,24,27)(H,26,28,30). The van der Waals surface area contributed by atoms with Gasteiger partial charge in [0.2, 0.25) is 5.91 Å². The number of pyridine rings is 3. The van der Waals surface area contributed by atoms with Crippen molar-refractivity contribution >= 4 is 39.3 Å². The molecule has 0 radical (unpaired) electrons. The number of hydrogen-bond donors (Lipinski definition) is 3. The molecule has 1 amide bonds. The van der Waals surface area contributed by atoms with E-state index in [1.54, 1.807) is 31.7 Å². The highest BCUT2D eigenvalue weighted by atomic mass is 16.4. The van der Waals surface area contributed by atoms with Crippen LogP contribution in [0, 0.1) is 17.8 Å². The van der Waals surface area contributed by atoms with Crippen molar-refractivity contribution in [3.8, 4) is 11.8 Å². The SMILES string of the molecule is CNc1ncc(C#Cc2cc3cc(CO)oc3cn2)c2cc(NC(=O)C3CC3)ncc12. The van der Waals surface area contributed by atoms with Gasteiger partial charge in [0.05, 0.1) is 11.8 Å². The first kappa shape index (κ1) is 19.0. The number of nitrogens with zero attached hydrogens (tertiary/aromatic N) is 3. The van der Waals surface area contributed by atoms with Crippen LogP contribution in [0.25, 0.3) is 21.7 Å². The predicted octanol–water partition coefficient (Wildman–Crippen LogP) is 3.05. The summed E-state index contributed by atoms with van der Waals surface area (Å²) < 4.78 is 5.47. The zero-order valence-electron chi connectivity index (χ0n) is 16.8. The first-order valence-electron chi connectivity index (χ1n) is 9.93. The fourth-order valence-corrected chi connectivity index (χ4v) is 3.35. The van der Waals surface area contributed by atoms with E-state index in [9.17, 15) is 9.90 Å². The Labute approximate surface area is 177 Å². The molecule has 0 spiro atoms. The lowest BCUT2D eigenvalue weighted by Gasteiger charge is -2.09. The first-order valence-corrected chi connectivity index (χ1v) is 9.93. The van der Waals surface area contributed by atoms with Crippen LogP contribution in [0.4, 0.5) is 11.6 Å². The summed E-state index contributed by atoms with van der Waals surface area (Å²) in [7, 11) is 1.79. The average Bonchev–Trinajstić information content (AvgIpc) is 3.56.